The van der Waals surface area contributed by atoms with Crippen molar-refractivity contribution in [2.75, 3.05) is 10.6 Å². The number of urea groups is 1. The fraction of sp³-hybridized carbons (Fsp3) is 0.200. The molecule has 2 amide bonds. The Morgan fingerprint density at radius 2 is 1.76 bits per heavy atom. The lowest BCUT2D eigenvalue weighted by molar-refractivity contribution is 0.262. The van der Waals surface area contributed by atoms with E-state index < -0.39 is 0 Å². The van der Waals surface area contributed by atoms with Crippen molar-refractivity contribution in [1.29, 1.82) is 0 Å². The predicted molar refractivity (Wildman–Crippen MR) is 101 cm³/mol. The highest BCUT2D eigenvalue weighted by atomic mass is 16.2. The molecule has 0 saturated carbocycles. The van der Waals surface area contributed by atoms with Crippen molar-refractivity contribution >= 4 is 17.5 Å². The third-order valence-corrected chi connectivity index (χ3v) is 3.96. The summed E-state index contributed by atoms with van der Waals surface area (Å²) in [5.41, 5.74) is 4.92. The van der Waals surface area contributed by atoms with Crippen LogP contribution in [0.25, 0.3) is 0 Å². The van der Waals surface area contributed by atoms with Crippen LogP contribution in [0.15, 0.2) is 54.6 Å². The van der Waals surface area contributed by atoms with Crippen molar-refractivity contribution in [2.45, 2.75) is 27.3 Å². The molecular formula is C20H22N4O. The molecule has 2 N–H and O–H groups in total. The highest BCUT2D eigenvalue weighted by molar-refractivity contribution is 5.99. The number of rotatable bonds is 4. The van der Waals surface area contributed by atoms with Crippen LogP contribution in [0.5, 0.6) is 0 Å². The molecule has 25 heavy (non-hydrogen) atoms. The summed E-state index contributed by atoms with van der Waals surface area (Å²) in [4.78, 5) is 12.4. The first-order valence-corrected chi connectivity index (χ1v) is 8.25. The molecule has 0 saturated heterocycles. The Balaban J connectivity index is 1.74. The Hall–Kier alpha value is -3.08. The number of anilines is 2. The molecule has 0 fully saturated rings. The molecule has 0 aliphatic heterocycles. The number of amides is 2. The van der Waals surface area contributed by atoms with E-state index in [0.29, 0.717) is 12.4 Å². The number of aryl methyl sites for hydroxylation is 3. The summed E-state index contributed by atoms with van der Waals surface area (Å²) in [5, 5.41) is 10.3. The monoisotopic (exact) mass is 334 g/mol. The molecule has 128 valence electrons. The van der Waals surface area contributed by atoms with Crippen molar-refractivity contribution < 1.29 is 4.79 Å². The molecular weight excluding hydrogens is 312 g/mol. The fourth-order valence-electron chi connectivity index (χ4n) is 2.66. The van der Waals surface area contributed by atoms with E-state index in [1.165, 1.54) is 0 Å². The van der Waals surface area contributed by atoms with Gasteiger partial charge in [-0.1, -0.05) is 42.5 Å². The molecule has 0 atom stereocenters. The van der Waals surface area contributed by atoms with Gasteiger partial charge < -0.3 is 5.32 Å². The molecule has 0 radical (unpaired) electrons. The standard InChI is InChI=1S/C20H22N4O/c1-14-9-10-15(2)18(11-14)21-20(25)22-19-12-16(3)23-24(19)13-17-7-5-4-6-8-17/h4-12H,13H2,1-3H3,(H2,21,22,25). The number of carbonyl (C=O) groups is 1. The Morgan fingerprint density at radius 3 is 2.52 bits per heavy atom. The van der Waals surface area contributed by atoms with Crippen LogP contribution in [-0.2, 0) is 6.54 Å². The summed E-state index contributed by atoms with van der Waals surface area (Å²) in [6, 6.07) is 17.6. The number of nitrogens with zero attached hydrogens (tertiary/aromatic N) is 2. The van der Waals surface area contributed by atoms with Crippen LogP contribution in [-0.4, -0.2) is 15.8 Å². The summed E-state index contributed by atoms with van der Waals surface area (Å²) >= 11 is 0. The second kappa shape index (κ2) is 7.21. The zero-order valence-corrected chi connectivity index (χ0v) is 14.7. The van der Waals surface area contributed by atoms with Crippen LogP contribution in [0.3, 0.4) is 0 Å². The average Bonchev–Trinajstić information content (AvgIpc) is 2.91. The van der Waals surface area contributed by atoms with E-state index in [-0.39, 0.29) is 6.03 Å². The largest absolute Gasteiger partial charge is 0.324 e. The second-order valence-electron chi connectivity index (χ2n) is 6.21. The van der Waals surface area contributed by atoms with Gasteiger partial charge in [0, 0.05) is 11.8 Å². The van der Waals surface area contributed by atoms with Crippen molar-refractivity contribution in [3.63, 3.8) is 0 Å². The molecule has 2 aromatic carbocycles. The van der Waals surface area contributed by atoms with Gasteiger partial charge in [0.25, 0.3) is 0 Å². The molecule has 0 aliphatic rings. The average molecular weight is 334 g/mol. The Morgan fingerprint density at radius 1 is 1.00 bits per heavy atom. The molecule has 3 aromatic rings. The van der Waals surface area contributed by atoms with E-state index in [2.05, 4.69) is 15.7 Å². The van der Waals surface area contributed by atoms with Crippen LogP contribution in [0.4, 0.5) is 16.3 Å². The molecule has 0 aliphatic carbocycles. The zero-order chi connectivity index (χ0) is 17.8. The van der Waals surface area contributed by atoms with E-state index in [0.717, 1.165) is 28.1 Å². The Labute approximate surface area is 147 Å². The normalized spacial score (nSPS) is 10.5. The maximum Gasteiger partial charge on any atom is 0.324 e. The lowest BCUT2D eigenvalue weighted by Gasteiger charge is -2.12. The van der Waals surface area contributed by atoms with Crippen LogP contribution < -0.4 is 10.6 Å². The van der Waals surface area contributed by atoms with Gasteiger partial charge >= 0.3 is 6.03 Å². The maximum absolute atomic E-state index is 12.4. The zero-order valence-electron chi connectivity index (χ0n) is 14.7. The van der Waals surface area contributed by atoms with Crippen molar-refractivity contribution in [3.8, 4) is 0 Å². The number of nitrogens with one attached hydrogen (secondary N) is 2. The van der Waals surface area contributed by atoms with Gasteiger partial charge in [-0.15, -0.1) is 0 Å². The Kier molecular flexibility index (Phi) is 4.84. The molecule has 5 nitrogen and oxygen atoms in total. The lowest BCUT2D eigenvalue weighted by atomic mass is 10.1. The molecule has 1 aromatic heterocycles. The number of hydrogen-bond acceptors (Lipinski definition) is 2. The van der Waals surface area contributed by atoms with E-state index in [4.69, 9.17) is 0 Å². The van der Waals surface area contributed by atoms with E-state index in [1.807, 2.05) is 75.4 Å². The first-order valence-electron chi connectivity index (χ1n) is 8.25. The third-order valence-electron chi connectivity index (χ3n) is 3.96. The van der Waals surface area contributed by atoms with E-state index >= 15 is 0 Å². The van der Waals surface area contributed by atoms with E-state index in [1.54, 1.807) is 4.68 Å². The predicted octanol–water partition coefficient (Wildman–Crippen LogP) is 4.50. The summed E-state index contributed by atoms with van der Waals surface area (Å²) < 4.78 is 1.80. The van der Waals surface area contributed by atoms with Gasteiger partial charge in [0.05, 0.1) is 12.2 Å². The molecule has 5 heteroatoms. The first-order chi connectivity index (χ1) is 12.0. The van der Waals surface area contributed by atoms with E-state index in [9.17, 15) is 4.79 Å². The minimum Gasteiger partial charge on any atom is -0.307 e. The topological polar surface area (TPSA) is 59.0 Å². The van der Waals surface area contributed by atoms with Gasteiger partial charge in [-0.2, -0.15) is 5.10 Å². The summed E-state index contributed by atoms with van der Waals surface area (Å²) in [6.45, 7) is 6.49. The smallest absolute Gasteiger partial charge is 0.307 e. The minimum absolute atomic E-state index is 0.275. The van der Waals surface area contributed by atoms with Crippen LogP contribution in [0.2, 0.25) is 0 Å². The highest BCUT2D eigenvalue weighted by Gasteiger charge is 2.11. The van der Waals surface area contributed by atoms with Crippen molar-refractivity contribution in [2.24, 2.45) is 0 Å². The summed E-state index contributed by atoms with van der Waals surface area (Å²) in [7, 11) is 0. The lowest BCUT2D eigenvalue weighted by Crippen LogP contribution is -2.22. The van der Waals surface area contributed by atoms with Crippen LogP contribution in [0.1, 0.15) is 22.4 Å². The van der Waals surface area contributed by atoms with Crippen molar-refractivity contribution in [1.82, 2.24) is 9.78 Å². The fourth-order valence-corrected chi connectivity index (χ4v) is 2.66. The molecule has 0 bridgehead atoms. The van der Waals surface area contributed by atoms with Crippen LogP contribution >= 0.6 is 0 Å². The van der Waals surface area contributed by atoms with Crippen LogP contribution in [0, 0.1) is 20.8 Å². The minimum atomic E-state index is -0.275. The van der Waals surface area contributed by atoms with Gasteiger partial charge in [0.15, 0.2) is 0 Å². The Bertz CT molecular complexity index is 884. The number of aromatic nitrogens is 2. The van der Waals surface area contributed by atoms with Gasteiger partial charge in [-0.3, -0.25) is 5.32 Å². The molecule has 1 heterocycles. The van der Waals surface area contributed by atoms with Crippen molar-refractivity contribution in [3.05, 3.63) is 77.0 Å². The molecule has 0 spiro atoms. The van der Waals surface area contributed by atoms with Gasteiger partial charge in [-0.25, -0.2) is 9.48 Å². The SMILES string of the molecule is Cc1ccc(C)c(NC(=O)Nc2cc(C)nn2Cc2ccccc2)c1. The summed E-state index contributed by atoms with van der Waals surface area (Å²) in [5.74, 6) is 0.671. The third kappa shape index (κ3) is 4.26. The number of benzene rings is 2. The second-order valence-corrected chi connectivity index (χ2v) is 6.21. The first kappa shape index (κ1) is 16.8. The van der Waals surface area contributed by atoms with Gasteiger partial charge in [0.2, 0.25) is 0 Å². The number of carbonyl (C=O) groups excluding carboxylic acids is 1. The van der Waals surface area contributed by atoms with Gasteiger partial charge in [0.1, 0.15) is 5.82 Å². The highest BCUT2D eigenvalue weighted by Crippen LogP contribution is 2.18. The molecule has 0 unspecified atom stereocenters. The summed E-state index contributed by atoms with van der Waals surface area (Å²) in [6.07, 6.45) is 0. The number of hydrogen-bond donors (Lipinski definition) is 2. The van der Waals surface area contributed by atoms with Gasteiger partial charge in [-0.05, 0) is 43.5 Å². The maximum atomic E-state index is 12.4. The quantitative estimate of drug-likeness (QED) is 0.738. The molecule has 3 rings (SSSR count).